The zero-order valence-corrected chi connectivity index (χ0v) is 8.64. The largest absolute Gasteiger partial charge is 0.463 e. The molecule has 0 aromatic carbocycles. The number of allylic oxidation sites excluding steroid dienone is 1. The zero-order valence-electron chi connectivity index (χ0n) is 8.64. The van der Waals surface area contributed by atoms with Crippen molar-refractivity contribution in [1.29, 1.82) is 0 Å². The Morgan fingerprint density at radius 1 is 1.56 bits per heavy atom. The van der Waals surface area contributed by atoms with Gasteiger partial charge in [-0.05, 0) is 25.1 Å². The molecule has 0 saturated carbocycles. The van der Waals surface area contributed by atoms with Crippen LogP contribution in [0.25, 0.3) is 11.5 Å². The number of amides is 1. The van der Waals surface area contributed by atoms with E-state index in [2.05, 4.69) is 10.5 Å². The molecule has 2 heterocycles. The zero-order chi connectivity index (χ0) is 11.4. The first-order chi connectivity index (χ1) is 7.79. The maximum atomic E-state index is 11.2. The third kappa shape index (κ3) is 2.20. The Bertz CT molecular complexity index is 497. The van der Waals surface area contributed by atoms with E-state index in [1.807, 2.05) is 0 Å². The Morgan fingerprint density at radius 3 is 3.12 bits per heavy atom. The first-order valence-electron chi connectivity index (χ1n) is 4.74. The third-order valence-electron chi connectivity index (χ3n) is 1.85. The molecule has 0 aliphatic carbocycles. The molecule has 5 nitrogen and oxygen atoms in total. The molecule has 0 unspecified atom stereocenters. The average molecular weight is 218 g/mol. The van der Waals surface area contributed by atoms with Crippen molar-refractivity contribution in [3.05, 3.63) is 36.6 Å². The summed E-state index contributed by atoms with van der Waals surface area (Å²) in [4.78, 5) is 11.2. The number of furan rings is 1. The van der Waals surface area contributed by atoms with Gasteiger partial charge in [-0.25, -0.2) is 0 Å². The Hall–Kier alpha value is -2.30. The molecule has 2 aromatic heterocycles. The van der Waals surface area contributed by atoms with Gasteiger partial charge in [-0.3, -0.25) is 10.1 Å². The first-order valence-corrected chi connectivity index (χ1v) is 4.74. The summed E-state index contributed by atoms with van der Waals surface area (Å²) < 4.78 is 10.1. The van der Waals surface area contributed by atoms with E-state index in [1.54, 1.807) is 37.5 Å². The molecule has 82 valence electrons. The summed E-state index contributed by atoms with van der Waals surface area (Å²) in [5.74, 6) is 0.620. The predicted octanol–water partition coefficient (Wildman–Crippen LogP) is 2.45. The second-order valence-electron chi connectivity index (χ2n) is 3.04. The van der Waals surface area contributed by atoms with Crippen LogP contribution in [0.5, 0.6) is 0 Å². The number of carbonyl (C=O) groups excluding carboxylic acids is 1. The van der Waals surface area contributed by atoms with Crippen LogP contribution in [0.1, 0.15) is 6.92 Å². The summed E-state index contributed by atoms with van der Waals surface area (Å²) in [6.45, 7) is 1.76. The molecule has 16 heavy (non-hydrogen) atoms. The van der Waals surface area contributed by atoms with Gasteiger partial charge in [0.2, 0.25) is 11.8 Å². The summed E-state index contributed by atoms with van der Waals surface area (Å²) >= 11 is 0. The van der Waals surface area contributed by atoms with E-state index in [0.29, 0.717) is 11.5 Å². The molecule has 0 spiro atoms. The van der Waals surface area contributed by atoms with Crippen LogP contribution in [0.15, 0.2) is 45.6 Å². The van der Waals surface area contributed by atoms with Gasteiger partial charge >= 0.3 is 0 Å². The minimum atomic E-state index is -0.260. The van der Waals surface area contributed by atoms with E-state index in [9.17, 15) is 4.79 Å². The van der Waals surface area contributed by atoms with Gasteiger partial charge < -0.3 is 8.94 Å². The highest BCUT2D eigenvalue weighted by Gasteiger charge is 2.09. The molecular formula is C11H10N2O3. The maximum absolute atomic E-state index is 11.2. The molecule has 0 saturated heterocycles. The molecule has 0 aliphatic rings. The Kier molecular flexibility index (Phi) is 2.86. The van der Waals surface area contributed by atoms with Crippen molar-refractivity contribution < 1.29 is 13.7 Å². The van der Waals surface area contributed by atoms with E-state index in [1.165, 1.54) is 6.08 Å². The molecule has 0 fully saturated rings. The molecule has 0 atom stereocenters. The van der Waals surface area contributed by atoms with Gasteiger partial charge in [0.25, 0.3) is 0 Å². The number of carbonyl (C=O) groups is 1. The van der Waals surface area contributed by atoms with Crippen molar-refractivity contribution in [2.75, 3.05) is 5.32 Å². The lowest BCUT2D eigenvalue weighted by Crippen LogP contribution is -2.06. The Morgan fingerprint density at radius 2 is 2.44 bits per heavy atom. The quantitative estimate of drug-likeness (QED) is 0.803. The number of nitrogens with zero attached hydrogens (tertiary/aromatic N) is 1. The second kappa shape index (κ2) is 4.48. The molecule has 2 rings (SSSR count). The predicted molar refractivity (Wildman–Crippen MR) is 57.6 cm³/mol. The molecule has 2 aromatic rings. The van der Waals surface area contributed by atoms with Gasteiger partial charge in [-0.2, -0.15) is 0 Å². The van der Waals surface area contributed by atoms with Crippen LogP contribution in [0, 0.1) is 0 Å². The fraction of sp³-hybridized carbons (Fsp3) is 0.0909. The van der Waals surface area contributed by atoms with Crippen LogP contribution in [0.3, 0.4) is 0 Å². The fourth-order valence-corrected chi connectivity index (χ4v) is 1.19. The smallest absolute Gasteiger partial charge is 0.250 e. The number of rotatable bonds is 3. The van der Waals surface area contributed by atoms with E-state index in [0.717, 1.165) is 0 Å². The number of hydrogen-bond donors (Lipinski definition) is 1. The summed E-state index contributed by atoms with van der Waals surface area (Å²) in [7, 11) is 0. The minimum absolute atomic E-state index is 0.260. The van der Waals surface area contributed by atoms with Crippen molar-refractivity contribution in [3.63, 3.8) is 0 Å². The van der Waals surface area contributed by atoms with Crippen LogP contribution in [0.2, 0.25) is 0 Å². The molecule has 0 aliphatic heterocycles. The summed E-state index contributed by atoms with van der Waals surface area (Å²) in [5.41, 5.74) is 0.542. The van der Waals surface area contributed by atoms with Crippen molar-refractivity contribution in [1.82, 2.24) is 5.16 Å². The first kappa shape index (κ1) is 10.2. The highest BCUT2D eigenvalue weighted by molar-refractivity contribution is 5.98. The molecule has 1 N–H and O–H groups in total. The molecule has 0 bridgehead atoms. The van der Waals surface area contributed by atoms with E-state index >= 15 is 0 Å². The highest BCUT2D eigenvalue weighted by Crippen LogP contribution is 2.21. The average Bonchev–Trinajstić information content (AvgIpc) is 2.86. The summed E-state index contributed by atoms with van der Waals surface area (Å²) in [6, 6.07) is 5.11. The number of hydrogen-bond acceptors (Lipinski definition) is 4. The van der Waals surface area contributed by atoms with Crippen molar-refractivity contribution in [3.8, 4) is 11.5 Å². The van der Waals surface area contributed by atoms with Gasteiger partial charge in [-0.1, -0.05) is 11.2 Å². The lowest BCUT2D eigenvalue weighted by Gasteiger charge is -1.92. The Balaban J connectivity index is 2.11. The van der Waals surface area contributed by atoms with Gasteiger partial charge in [-0.15, -0.1) is 0 Å². The van der Waals surface area contributed by atoms with Crippen LogP contribution < -0.4 is 5.32 Å². The molecule has 0 radical (unpaired) electrons. The normalized spacial score (nSPS) is 10.8. The van der Waals surface area contributed by atoms with E-state index in [4.69, 9.17) is 8.94 Å². The number of aromatic nitrogens is 1. The van der Waals surface area contributed by atoms with E-state index < -0.39 is 0 Å². The van der Waals surface area contributed by atoms with E-state index in [-0.39, 0.29) is 11.8 Å². The highest BCUT2D eigenvalue weighted by atomic mass is 16.5. The third-order valence-corrected chi connectivity index (χ3v) is 1.85. The van der Waals surface area contributed by atoms with Crippen LogP contribution in [0.4, 0.5) is 5.88 Å². The van der Waals surface area contributed by atoms with Crippen LogP contribution in [-0.4, -0.2) is 11.1 Å². The summed E-state index contributed by atoms with van der Waals surface area (Å²) in [6.07, 6.45) is 4.58. The monoisotopic (exact) mass is 218 g/mol. The van der Waals surface area contributed by atoms with Crippen LogP contribution >= 0.6 is 0 Å². The standard InChI is InChI=1S/C11H10N2O3/c1-2-4-10(14)12-11-7-8(13-16-11)9-5-3-6-15-9/h2-7H,1H3,(H,12,14)/b4-2+. The van der Waals surface area contributed by atoms with Crippen molar-refractivity contribution in [2.24, 2.45) is 0 Å². The van der Waals surface area contributed by atoms with Gasteiger partial charge in [0, 0.05) is 6.07 Å². The Labute approximate surface area is 91.7 Å². The van der Waals surface area contributed by atoms with Crippen molar-refractivity contribution in [2.45, 2.75) is 6.92 Å². The van der Waals surface area contributed by atoms with Gasteiger partial charge in [0.05, 0.1) is 6.26 Å². The second-order valence-corrected chi connectivity index (χ2v) is 3.04. The lowest BCUT2D eigenvalue weighted by atomic mass is 10.3. The lowest BCUT2D eigenvalue weighted by molar-refractivity contribution is -0.112. The van der Waals surface area contributed by atoms with Crippen LogP contribution in [-0.2, 0) is 4.79 Å². The maximum Gasteiger partial charge on any atom is 0.250 e. The SMILES string of the molecule is C/C=C/C(=O)Nc1cc(-c2ccco2)no1. The van der Waals surface area contributed by atoms with Gasteiger partial charge in [0.1, 0.15) is 0 Å². The minimum Gasteiger partial charge on any atom is -0.463 e. The molecular weight excluding hydrogens is 208 g/mol. The fourth-order valence-electron chi connectivity index (χ4n) is 1.19. The number of nitrogens with one attached hydrogen (secondary N) is 1. The topological polar surface area (TPSA) is 68.3 Å². The van der Waals surface area contributed by atoms with Gasteiger partial charge in [0.15, 0.2) is 11.5 Å². The number of anilines is 1. The molecule has 1 amide bonds. The van der Waals surface area contributed by atoms with Crippen molar-refractivity contribution >= 4 is 11.8 Å². The summed E-state index contributed by atoms with van der Waals surface area (Å²) in [5, 5.41) is 6.29. The molecule has 5 heteroatoms.